The lowest BCUT2D eigenvalue weighted by Crippen LogP contribution is -2.25. The predicted octanol–water partition coefficient (Wildman–Crippen LogP) is 2.82. The molecule has 0 atom stereocenters. The molecule has 1 aromatic heterocycles. The van der Waals surface area contributed by atoms with Crippen LogP contribution >= 0.6 is 0 Å². The van der Waals surface area contributed by atoms with Crippen molar-refractivity contribution in [3.63, 3.8) is 0 Å². The van der Waals surface area contributed by atoms with Gasteiger partial charge in [0, 0.05) is 18.7 Å². The molecule has 8 heteroatoms. The van der Waals surface area contributed by atoms with Crippen molar-refractivity contribution in [2.75, 3.05) is 25.5 Å². The van der Waals surface area contributed by atoms with E-state index in [-0.39, 0.29) is 17.3 Å². The fourth-order valence-electron chi connectivity index (χ4n) is 2.44. The fourth-order valence-corrected chi connectivity index (χ4v) is 3.43. The Kier molecular flexibility index (Phi) is 8.02. The molecular formula is C19H27N3O4S. The molecule has 7 nitrogen and oxygen atoms in total. The van der Waals surface area contributed by atoms with Crippen LogP contribution < -0.4 is 10.0 Å². The standard InChI is InChI=1S/C19H27N3O4S/c1-3-4-12-22(2)13-11-19(23)21-16-7-9-18(10-8-16)27(24,25)20-15-17-6-5-14-26-17/h5-10,14,20H,3-4,11-13,15H2,1-2H3,(H,21,23). The van der Waals surface area contributed by atoms with Gasteiger partial charge in [-0.2, -0.15) is 0 Å². The quantitative estimate of drug-likeness (QED) is 0.612. The number of nitrogens with zero attached hydrogens (tertiary/aromatic N) is 1. The number of sulfonamides is 1. The van der Waals surface area contributed by atoms with Gasteiger partial charge in [0.25, 0.3) is 0 Å². The third-order valence-corrected chi connectivity index (χ3v) is 5.50. The van der Waals surface area contributed by atoms with Gasteiger partial charge < -0.3 is 14.6 Å². The number of carbonyl (C=O) groups excluding carboxylic acids is 1. The first kappa shape index (κ1) is 21.1. The molecule has 0 unspecified atom stereocenters. The van der Waals surface area contributed by atoms with Crippen molar-refractivity contribution in [2.24, 2.45) is 0 Å². The first-order valence-corrected chi connectivity index (χ1v) is 10.5. The molecule has 2 N–H and O–H groups in total. The van der Waals surface area contributed by atoms with E-state index in [1.807, 2.05) is 7.05 Å². The summed E-state index contributed by atoms with van der Waals surface area (Å²) >= 11 is 0. The van der Waals surface area contributed by atoms with E-state index in [2.05, 4.69) is 21.9 Å². The number of furan rings is 1. The van der Waals surface area contributed by atoms with Crippen molar-refractivity contribution in [2.45, 2.75) is 37.6 Å². The Morgan fingerprint density at radius 2 is 1.89 bits per heavy atom. The molecule has 2 aromatic rings. The monoisotopic (exact) mass is 393 g/mol. The highest BCUT2D eigenvalue weighted by atomic mass is 32.2. The number of nitrogens with one attached hydrogen (secondary N) is 2. The van der Waals surface area contributed by atoms with Gasteiger partial charge in [-0.25, -0.2) is 13.1 Å². The number of anilines is 1. The number of hydrogen-bond donors (Lipinski definition) is 2. The van der Waals surface area contributed by atoms with Gasteiger partial charge in [-0.05, 0) is 56.4 Å². The summed E-state index contributed by atoms with van der Waals surface area (Å²) < 4.78 is 32.1. The van der Waals surface area contributed by atoms with Crippen molar-refractivity contribution < 1.29 is 17.6 Å². The summed E-state index contributed by atoms with van der Waals surface area (Å²) in [5.41, 5.74) is 0.571. The van der Waals surface area contributed by atoms with Crippen LogP contribution in [0.25, 0.3) is 0 Å². The first-order valence-electron chi connectivity index (χ1n) is 9.01. The minimum atomic E-state index is -3.64. The average Bonchev–Trinajstić information content (AvgIpc) is 3.17. The minimum Gasteiger partial charge on any atom is -0.468 e. The molecule has 1 amide bonds. The van der Waals surface area contributed by atoms with Gasteiger partial charge in [-0.1, -0.05) is 13.3 Å². The van der Waals surface area contributed by atoms with Crippen LogP contribution in [0.4, 0.5) is 5.69 Å². The molecule has 1 heterocycles. The zero-order valence-corrected chi connectivity index (χ0v) is 16.6. The maximum atomic E-state index is 12.3. The van der Waals surface area contributed by atoms with E-state index in [4.69, 9.17) is 4.42 Å². The highest BCUT2D eigenvalue weighted by Gasteiger charge is 2.14. The summed E-state index contributed by atoms with van der Waals surface area (Å²) in [6, 6.07) is 9.49. The van der Waals surface area contributed by atoms with Crippen LogP contribution in [0, 0.1) is 0 Å². The topological polar surface area (TPSA) is 91.7 Å². The van der Waals surface area contributed by atoms with Crippen LogP contribution in [0.1, 0.15) is 31.9 Å². The highest BCUT2D eigenvalue weighted by molar-refractivity contribution is 7.89. The summed E-state index contributed by atoms with van der Waals surface area (Å²) in [6.07, 6.45) is 4.12. The second kappa shape index (κ2) is 10.2. The molecule has 148 valence electrons. The molecule has 0 aliphatic rings. The Balaban J connectivity index is 1.84. The molecule has 0 bridgehead atoms. The molecule has 0 spiro atoms. The lowest BCUT2D eigenvalue weighted by atomic mass is 10.3. The molecule has 0 saturated carbocycles. The second-order valence-corrected chi connectivity index (χ2v) is 8.15. The minimum absolute atomic E-state index is 0.0827. The molecule has 0 aliphatic carbocycles. The largest absolute Gasteiger partial charge is 0.468 e. The van der Waals surface area contributed by atoms with Crippen molar-refractivity contribution in [3.8, 4) is 0 Å². The lowest BCUT2D eigenvalue weighted by Gasteiger charge is -2.15. The second-order valence-electron chi connectivity index (χ2n) is 6.38. The van der Waals surface area contributed by atoms with E-state index < -0.39 is 10.0 Å². The van der Waals surface area contributed by atoms with E-state index in [0.29, 0.717) is 24.4 Å². The summed E-state index contributed by atoms with van der Waals surface area (Å²) in [5, 5.41) is 2.79. The number of amides is 1. The van der Waals surface area contributed by atoms with Gasteiger partial charge in [0.15, 0.2) is 0 Å². The molecule has 0 saturated heterocycles. The average molecular weight is 394 g/mol. The van der Waals surface area contributed by atoms with Crippen molar-refractivity contribution >= 4 is 21.6 Å². The van der Waals surface area contributed by atoms with Crippen molar-refractivity contribution in [3.05, 3.63) is 48.4 Å². The van der Waals surface area contributed by atoms with Gasteiger partial charge in [-0.15, -0.1) is 0 Å². The van der Waals surface area contributed by atoms with Crippen LogP contribution in [0.3, 0.4) is 0 Å². The number of carbonyl (C=O) groups is 1. The number of benzene rings is 1. The molecule has 0 aliphatic heterocycles. The summed E-state index contributed by atoms with van der Waals surface area (Å²) in [5.74, 6) is 0.441. The van der Waals surface area contributed by atoms with Crippen molar-refractivity contribution in [1.29, 1.82) is 0 Å². The van der Waals surface area contributed by atoms with Gasteiger partial charge in [0.05, 0.1) is 17.7 Å². The van der Waals surface area contributed by atoms with Crippen LogP contribution in [0.2, 0.25) is 0 Å². The van der Waals surface area contributed by atoms with E-state index in [0.717, 1.165) is 19.4 Å². The molecule has 1 aromatic carbocycles. The van der Waals surface area contributed by atoms with Gasteiger partial charge in [0.1, 0.15) is 5.76 Å². The predicted molar refractivity (Wildman–Crippen MR) is 105 cm³/mol. The number of rotatable bonds is 11. The highest BCUT2D eigenvalue weighted by Crippen LogP contribution is 2.15. The third kappa shape index (κ3) is 7.16. The number of hydrogen-bond acceptors (Lipinski definition) is 5. The summed E-state index contributed by atoms with van der Waals surface area (Å²) in [4.78, 5) is 14.3. The third-order valence-electron chi connectivity index (χ3n) is 4.08. The number of unbranched alkanes of at least 4 members (excludes halogenated alkanes) is 1. The first-order chi connectivity index (χ1) is 12.9. The maximum Gasteiger partial charge on any atom is 0.240 e. The zero-order chi connectivity index (χ0) is 19.7. The molecule has 0 radical (unpaired) electrons. The Bertz CT molecular complexity index is 802. The summed E-state index contributed by atoms with van der Waals surface area (Å²) in [7, 11) is -1.64. The zero-order valence-electron chi connectivity index (χ0n) is 15.8. The molecule has 27 heavy (non-hydrogen) atoms. The van der Waals surface area contributed by atoms with Gasteiger partial charge in [0.2, 0.25) is 15.9 Å². The van der Waals surface area contributed by atoms with E-state index in [9.17, 15) is 13.2 Å². The normalized spacial score (nSPS) is 11.7. The van der Waals surface area contributed by atoms with E-state index >= 15 is 0 Å². The van der Waals surface area contributed by atoms with Gasteiger partial charge >= 0.3 is 0 Å². The fraction of sp³-hybridized carbons (Fsp3) is 0.421. The summed E-state index contributed by atoms with van der Waals surface area (Å²) in [6.45, 7) is 3.88. The molecule has 0 fully saturated rings. The van der Waals surface area contributed by atoms with Crippen LogP contribution in [0.15, 0.2) is 52.0 Å². The Labute approximate surface area is 160 Å². The maximum absolute atomic E-state index is 12.3. The molecular weight excluding hydrogens is 366 g/mol. The lowest BCUT2D eigenvalue weighted by molar-refractivity contribution is -0.116. The smallest absolute Gasteiger partial charge is 0.240 e. The Morgan fingerprint density at radius 1 is 1.15 bits per heavy atom. The Morgan fingerprint density at radius 3 is 2.52 bits per heavy atom. The SMILES string of the molecule is CCCCN(C)CCC(=O)Nc1ccc(S(=O)(=O)NCc2ccco2)cc1. The molecule has 2 rings (SSSR count). The van der Waals surface area contributed by atoms with E-state index in [1.165, 1.54) is 18.4 Å². The van der Waals surface area contributed by atoms with Crippen LogP contribution in [-0.2, 0) is 21.4 Å². The van der Waals surface area contributed by atoms with Crippen LogP contribution in [-0.4, -0.2) is 39.4 Å². The van der Waals surface area contributed by atoms with Crippen molar-refractivity contribution in [1.82, 2.24) is 9.62 Å². The van der Waals surface area contributed by atoms with E-state index in [1.54, 1.807) is 24.3 Å². The Hall–Kier alpha value is -2.16. The van der Waals surface area contributed by atoms with Crippen LogP contribution in [0.5, 0.6) is 0 Å². The van der Waals surface area contributed by atoms with Gasteiger partial charge in [-0.3, -0.25) is 4.79 Å².